The molecule has 96 valence electrons. The van der Waals surface area contributed by atoms with Gasteiger partial charge in [0.05, 0.1) is 17.6 Å². The van der Waals surface area contributed by atoms with Crippen LogP contribution in [-0.2, 0) is 6.54 Å². The second-order valence-corrected chi connectivity index (χ2v) is 5.56. The summed E-state index contributed by atoms with van der Waals surface area (Å²) in [5, 5.41) is 0. The van der Waals surface area contributed by atoms with E-state index in [0.29, 0.717) is 12.5 Å². The van der Waals surface area contributed by atoms with Crippen LogP contribution in [0.1, 0.15) is 5.56 Å². The van der Waals surface area contributed by atoms with Crippen molar-refractivity contribution in [2.45, 2.75) is 6.54 Å². The van der Waals surface area contributed by atoms with Crippen molar-refractivity contribution in [2.24, 2.45) is 0 Å². The molecule has 0 fully saturated rings. The topological polar surface area (TPSA) is 43.8 Å². The lowest BCUT2D eigenvalue weighted by atomic mass is 10.2. The molecule has 2 N–H and O–H groups in total. The molecule has 0 amide bonds. The van der Waals surface area contributed by atoms with Crippen LogP contribution in [0, 0.1) is 9.39 Å². The third-order valence-electron chi connectivity index (χ3n) is 2.97. The van der Waals surface area contributed by atoms with E-state index < -0.39 is 0 Å². The highest BCUT2D eigenvalue weighted by molar-refractivity contribution is 14.1. The number of nitrogens with two attached hydrogens (primary N) is 1. The van der Waals surface area contributed by atoms with E-state index in [2.05, 4.69) is 27.6 Å². The molecule has 0 spiro atoms. The van der Waals surface area contributed by atoms with E-state index >= 15 is 0 Å². The standard InChI is InChI=1S/C14H11FIN3/c15-10-3-1-2-9(6-10)8-19-13-5-4-11(16)7-12(13)18-14(19)17/h1-7H,8H2,(H2,17,18). The summed E-state index contributed by atoms with van der Waals surface area (Å²) in [6.45, 7) is 0.515. The lowest BCUT2D eigenvalue weighted by Crippen LogP contribution is -2.04. The van der Waals surface area contributed by atoms with Crippen LogP contribution in [-0.4, -0.2) is 9.55 Å². The van der Waals surface area contributed by atoms with E-state index in [1.54, 1.807) is 6.07 Å². The Hall–Kier alpha value is -1.63. The van der Waals surface area contributed by atoms with Gasteiger partial charge in [-0.3, -0.25) is 0 Å². The molecule has 0 atom stereocenters. The summed E-state index contributed by atoms with van der Waals surface area (Å²) in [6.07, 6.45) is 0. The first kappa shape index (κ1) is 12.4. The van der Waals surface area contributed by atoms with E-state index in [1.165, 1.54) is 12.1 Å². The van der Waals surface area contributed by atoms with E-state index in [0.717, 1.165) is 20.2 Å². The zero-order valence-corrected chi connectivity index (χ0v) is 12.1. The molecule has 0 aliphatic carbocycles. The van der Waals surface area contributed by atoms with Gasteiger partial charge in [0.1, 0.15) is 5.82 Å². The van der Waals surface area contributed by atoms with Crippen LogP contribution >= 0.6 is 22.6 Å². The fourth-order valence-electron chi connectivity index (χ4n) is 2.11. The van der Waals surface area contributed by atoms with Crippen LogP contribution in [0.5, 0.6) is 0 Å². The van der Waals surface area contributed by atoms with Crippen molar-refractivity contribution in [1.82, 2.24) is 9.55 Å². The quantitative estimate of drug-likeness (QED) is 0.706. The van der Waals surface area contributed by atoms with E-state index in [9.17, 15) is 4.39 Å². The zero-order chi connectivity index (χ0) is 13.4. The van der Waals surface area contributed by atoms with Crippen molar-refractivity contribution >= 4 is 39.6 Å². The van der Waals surface area contributed by atoms with Crippen LogP contribution in [0.25, 0.3) is 11.0 Å². The van der Waals surface area contributed by atoms with Gasteiger partial charge in [-0.15, -0.1) is 0 Å². The lowest BCUT2D eigenvalue weighted by Gasteiger charge is -2.06. The first-order chi connectivity index (χ1) is 9.13. The highest BCUT2D eigenvalue weighted by Gasteiger charge is 2.09. The molecule has 19 heavy (non-hydrogen) atoms. The number of hydrogen-bond acceptors (Lipinski definition) is 2. The van der Waals surface area contributed by atoms with Crippen molar-refractivity contribution in [1.29, 1.82) is 0 Å². The van der Waals surface area contributed by atoms with Gasteiger partial charge in [0.15, 0.2) is 0 Å². The molecule has 2 aromatic carbocycles. The Morgan fingerprint density at radius 1 is 1.21 bits per heavy atom. The predicted molar refractivity (Wildman–Crippen MR) is 82.4 cm³/mol. The van der Waals surface area contributed by atoms with Gasteiger partial charge in [0, 0.05) is 3.57 Å². The van der Waals surface area contributed by atoms with Crippen molar-refractivity contribution in [2.75, 3.05) is 5.73 Å². The lowest BCUT2D eigenvalue weighted by molar-refractivity contribution is 0.624. The number of benzene rings is 2. The summed E-state index contributed by atoms with van der Waals surface area (Å²) in [5.74, 6) is 0.205. The van der Waals surface area contributed by atoms with Crippen molar-refractivity contribution in [3.63, 3.8) is 0 Å². The summed E-state index contributed by atoms with van der Waals surface area (Å²) >= 11 is 2.24. The highest BCUT2D eigenvalue weighted by atomic mass is 127. The molecule has 0 aliphatic heterocycles. The second-order valence-electron chi connectivity index (χ2n) is 4.32. The molecule has 3 nitrogen and oxygen atoms in total. The Labute approximate surface area is 123 Å². The van der Waals surface area contributed by atoms with Crippen molar-refractivity contribution in [3.05, 3.63) is 57.4 Å². The SMILES string of the molecule is Nc1nc2cc(I)ccc2n1Cc1cccc(F)c1. The molecule has 0 saturated carbocycles. The number of nitrogens with zero attached hydrogens (tertiary/aromatic N) is 2. The average molecular weight is 367 g/mol. The molecule has 0 unspecified atom stereocenters. The second kappa shape index (κ2) is 4.80. The molecule has 5 heteroatoms. The van der Waals surface area contributed by atoms with Gasteiger partial charge >= 0.3 is 0 Å². The fraction of sp³-hybridized carbons (Fsp3) is 0.0714. The Morgan fingerprint density at radius 2 is 2.05 bits per heavy atom. The maximum absolute atomic E-state index is 13.2. The van der Waals surface area contributed by atoms with Gasteiger partial charge in [-0.05, 0) is 58.5 Å². The van der Waals surface area contributed by atoms with Gasteiger partial charge in [-0.25, -0.2) is 9.37 Å². The van der Waals surface area contributed by atoms with Crippen molar-refractivity contribution in [3.8, 4) is 0 Å². The number of anilines is 1. The number of nitrogen functional groups attached to an aromatic ring is 1. The largest absolute Gasteiger partial charge is 0.369 e. The summed E-state index contributed by atoms with van der Waals surface area (Å²) < 4.78 is 16.2. The number of fused-ring (bicyclic) bond motifs is 1. The fourth-order valence-corrected chi connectivity index (χ4v) is 2.58. The number of aromatic nitrogens is 2. The van der Waals surface area contributed by atoms with Crippen molar-refractivity contribution < 1.29 is 4.39 Å². The molecule has 1 heterocycles. The normalized spacial score (nSPS) is 11.1. The van der Waals surface area contributed by atoms with Gasteiger partial charge in [0.2, 0.25) is 5.95 Å². The third kappa shape index (κ3) is 2.42. The summed E-state index contributed by atoms with van der Waals surface area (Å²) in [6, 6.07) is 12.5. The third-order valence-corrected chi connectivity index (χ3v) is 3.64. The molecule has 3 aromatic rings. The summed E-state index contributed by atoms with van der Waals surface area (Å²) in [4.78, 5) is 4.33. The highest BCUT2D eigenvalue weighted by Crippen LogP contribution is 2.21. The summed E-state index contributed by atoms with van der Waals surface area (Å²) in [5.41, 5.74) is 8.63. The number of rotatable bonds is 2. The Bertz CT molecular complexity index is 752. The van der Waals surface area contributed by atoms with Gasteiger partial charge in [-0.1, -0.05) is 12.1 Å². The Kier molecular flexibility index (Phi) is 3.14. The predicted octanol–water partition coefficient (Wildman–Crippen LogP) is 3.41. The molecule has 1 aromatic heterocycles. The molecular formula is C14H11FIN3. The van der Waals surface area contributed by atoms with Crippen LogP contribution < -0.4 is 5.73 Å². The van der Waals surface area contributed by atoms with Gasteiger partial charge in [0.25, 0.3) is 0 Å². The van der Waals surface area contributed by atoms with Gasteiger partial charge in [-0.2, -0.15) is 0 Å². The molecule has 0 saturated heterocycles. The van der Waals surface area contributed by atoms with Crippen LogP contribution in [0.3, 0.4) is 0 Å². The number of imidazole rings is 1. The van der Waals surface area contributed by atoms with E-state index in [1.807, 2.05) is 28.8 Å². The molecule has 0 bridgehead atoms. The molecule has 3 rings (SSSR count). The number of hydrogen-bond donors (Lipinski definition) is 1. The van der Waals surface area contributed by atoms with Crippen LogP contribution in [0.15, 0.2) is 42.5 Å². The molecule has 0 aliphatic rings. The maximum atomic E-state index is 13.2. The minimum Gasteiger partial charge on any atom is -0.369 e. The molecular weight excluding hydrogens is 356 g/mol. The minimum absolute atomic E-state index is 0.241. The monoisotopic (exact) mass is 367 g/mol. The Balaban J connectivity index is 2.07. The van der Waals surface area contributed by atoms with Crippen LogP contribution in [0.4, 0.5) is 10.3 Å². The molecule has 0 radical (unpaired) electrons. The smallest absolute Gasteiger partial charge is 0.201 e. The zero-order valence-electron chi connectivity index (χ0n) is 9.98. The van der Waals surface area contributed by atoms with Crippen LogP contribution in [0.2, 0.25) is 0 Å². The maximum Gasteiger partial charge on any atom is 0.201 e. The average Bonchev–Trinajstić information content (AvgIpc) is 2.65. The Morgan fingerprint density at radius 3 is 2.84 bits per heavy atom. The van der Waals surface area contributed by atoms with E-state index in [-0.39, 0.29) is 5.82 Å². The van der Waals surface area contributed by atoms with E-state index in [4.69, 9.17) is 5.73 Å². The summed E-state index contributed by atoms with van der Waals surface area (Å²) in [7, 11) is 0. The first-order valence-corrected chi connectivity index (χ1v) is 6.87. The minimum atomic E-state index is -0.241. The number of halogens is 2. The first-order valence-electron chi connectivity index (χ1n) is 5.79. The van der Waals surface area contributed by atoms with Gasteiger partial charge < -0.3 is 10.3 Å².